The summed E-state index contributed by atoms with van der Waals surface area (Å²) >= 11 is 0. The molecule has 1 aliphatic rings. The summed E-state index contributed by atoms with van der Waals surface area (Å²) in [5.41, 5.74) is -0.849. The maximum Gasteiger partial charge on any atom is 0.389 e. The number of alkyl halides is 3. The van der Waals surface area contributed by atoms with Crippen molar-refractivity contribution in [1.29, 1.82) is 0 Å². The Morgan fingerprint density at radius 1 is 1.16 bits per heavy atom. The molecule has 19 heavy (non-hydrogen) atoms. The third-order valence-corrected chi connectivity index (χ3v) is 3.33. The highest BCUT2D eigenvalue weighted by molar-refractivity contribution is 4.89. The standard InChI is InChI=1S/C13H23F3O3/c1-4-17-12(18-5-2)8-9-19-11(3,10-12)6-7-13(14,15)16/h4-10H2,1-3H3. The van der Waals surface area contributed by atoms with Gasteiger partial charge in [0, 0.05) is 32.5 Å². The lowest BCUT2D eigenvalue weighted by molar-refractivity contribution is -0.296. The molecule has 0 aromatic carbocycles. The molecule has 1 saturated heterocycles. The third-order valence-electron chi connectivity index (χ3n) is 3.33. The van der Waals surface area contributed by atoms with Gasteiger partial charge in [0.2, 0.25) is 0 Å². The van der Waals surface area contributed by atoms with Crippen molar-refractivity contribution in [1.82, 2.24) is 0 Å². The summed E-state index contributed by atoms with van der Waals surface area (Å²) < 4.78 is 53.9. The zero-order chi connectivity index (χ0) is 14.6. The van der Waals surface area contributed by atoms with Crippen LogP contribution in [0.1, 0.15) is 46.5 Å². The smallest absolute Gasteiger partial charge is 0.375 e. The first-order chi connectivity index (χ1) is 8.74. The van der Waals surface area contributed by atoms with Gasteiger partial charge in [-0.1, -0.05) is 0 Å². The first-order valence-corrected chi connectivity index (χ1v) is 6.73. The molecule has 0 amide bonds. The second kappa shape index (κ2) is 6.41. The summed E-state index contributed by atoms with van der Waals surface area (Å²) in [4.78, 5) is 0. The lowest BCUT2D eigenvalue weighted by Crippen LogP contribution is -2.51. The summed E-state index contributed by atoms with van der Waals surface area (Å²) in [5, 5.41) is 0. The van der Waals surface area contributed by atoms with Crippen molar-refractivity contribution in [2.45, 2.75) is 64.0 Å². The number of rotatable bonds is 6. The van der Waals surface area contributed by atoms with E-state index < -0.39 is 24.0 Å². The van der Waals surface area contributed by atoms with Crippen LogP contribution in [0.4, 0.5) is 13.2 Å². The molecule has 1 unspecified atom stereocenters. The summed E-state index contributed by atoms with van der Waals surface area (Å²) in [6, 6.07) is 0. The Balaban J connectivity index is 2.69. The first kappa shape index (κ1) is 16.7. The largest absolute Gasteiger partial charge is 0.389 e. The maximum atomic E-state index is 12.4. The molecule has 1 rings (SSSR count). The minimum absolute atomic E-state index is 0.0710. The van der Waals surface area contributed by atoms with E-state index in [1.165, 1.54) is 0 Å². The topological polar surface area (TPSA) is 27.7 Å². The van der Waals surface area contributed by atoms with E-state index in [9.17, 15) is 13.2 Å². The summed E-state index contributed by atoms with van der Waals surface area (Å²) in [6.45, 7) is 6.69. The quantitative estimate of drug-likeness (QED) is 0.697. The molecule has 6 heteroatoms. The lowest BCUT2D eigenvalue weighted by atomic mass is 9.87. The highest BCUT2D eigenvalue weighted by atomic mass is 19.4. The van der Waals surface area contributed by atoms with Crippen molar-refractivity contribution in [2.75, 3.05) is 19.8 Å². The van der Waals surface area contributed by atoms with Gasteiger partial charge in [0.25, 0.3) is 0 Å². The second-order valence-corrected chi connectivity index (χ2v) is 5.12. The summed E-state index contributed by atoms with van der Waals surface area (Å²) in [6.07, 6.45) is -4.20. The van der Waals surface area contributed by atoms with Crippen LogP contribution < -0.4 is 0 Å². The molecule has 3 nitrogen and oxygen atoms in total. The molecule has 0 aromatic heterocycles. The van der Waals surface area contributed by atoms with Crippen LogP contribution in [0.25, 0.3) is 0 Å². The van der Waals surface area contributed by atoms with Crippen LogP contribution in [0.15, 0.2) is 0 Å². The molecule has 1 aliphatic heterocycles. The van der Waals surface area contributed by atoms with Crippen LogP contribution in [0.2, 0.25) is 0 Å². The van der Waals surface area contributed by atoms with Crippen LogP contribution in [-0.2, 0) is 14.2 Å². The van der Waals surface area contributed by atoms with Crippen LogP contribution in [0.5, 0.6) is 0 Å². The molecular formula is C13H23F3O3. The molecule has 114 valence electrons. The van der Waals surface area contributed by atoms with Gasteiger partial charge >= 0.3 is 6.18 Å². The Bertz CT molecular complexity index is 269. The van der Waals surface area contributed by atoms with Crippen molar-refractivity contribution >= 4 is 0 Å². The number of hydrogen-bond acceptors (Lipinski definition) is 3. The Morgan fingerprint density at radius 2 is 1.74 bits per heavy atom. The molecule has 0 aromatic rings. The van der Waals surface area contributed by atoms with E-state index >= 15 is 0 Å². The minimum atomic E-state index is -4.16. The van der Waals surface area contributed by atoms with Gasteiger partial charge in [0.1, 0.15) is 0 Å². The molecule has 0 aliphatic carbocycles. The Kier molecular flexibility index (Phi) is 5.65. The summed E-state index contributed by atoms with van der Waals surface area (Å²) in [7, 11) is 0. The zero-order valence-electron chi connectivity index (χ0n) is 11.8. The van der Waals surface area contributed by atoms with Crippen LogP contribution in [0, 0.1) is 0 Å². The monoisotopic (exact) mass is 284 g/mol. The van der Waals surface area contributed by atoms with Crippen LogP contribution in [0.3, 0.4) is 0 Å². The fraction of sp³-hybridized carbons (Fsp3) is 1.00. The first-order valence-electron chi connectivity index (χ1n) is 6.73. The highest BCUT2D eigenvalue weighted by Crippen LogP contribution is 2.40. The fourth-order valence-electron chi connectivity index (χ4n) is 2.54. The zero-order valence-corrected chi connectivity index (χ0v) is 11.8. The van der Waals surface area contributed by atoms with Gasteiger partial charge in [0.05, 0.1) is 12.2 Å². The molecule has 0 N–H and O–H groups in total. The van der Waals surface area contributed by atoms with Gasteiger partial charge in [-0.25, -0.2) is 0 Å². The molecule has 0 bridgehead atoms. The maximum absolute atomic E-state index is 12.4. The van der Waals surface area contributed by atoms with Crippen molar-refractivity contribution in [3.05, 3.63) is 0 Å². The molecule has 1 fully saturated rings. The van der Waals surface area contributed by atoms with Gasteiger partial charge in [-0.3, -0.25) is 0 Å². The van der Waals surface area contributed by atoms with E-state index in [0.717, 1.165) is 0 Å². The Labute approximate surface area is 112 Å². The van der Waals surface area contributed by atoms with Crippen LogP contribution in [-0.4, -0.2) is 37.4 Å². The molecule has 0 radical (unpaired) electrons. The molecule has 0 saturated carbocycles. The predicted molar refractivity (Wildman–Crippen MR) is 64.9 cm³/mol. The van der Waals surface area contributed by atoms with Gasteiger partial charge < -0.3 is 14.2 Å². The molecule has 1 heterocycles. The van der Waals surface area contributed by atoms with E-state index in [-0.39, 0.29) is 6.42 Å². The van der Waals surface area contributed by atoms with E-state index in [2.05, 4.69) is 0 Å². The molecular weight excluding hydrogens is 261 g/mol. The normalized spacial score (nSPS) is 27.5. The Hall–Kier alpha value is -0.330. The van der Waals surface area contributed by atoms with Gasteiger partial charge in [-0.2, -0.15) is 13.2 Å². The van der Waals surface area contributed by atoms with Gasteiger partial charge in [0.15, 0.2) is 5.79 Å². The second-order valence-electron chi connectivity index (χ2n) is 5.12. The van der Waals surface area contributed by atoms with Crippen molar-refractivity contribution in [3.63, 3.8) is 0 Å². The Morgan fingerprint density at radius 3 is 2.21 bits per heavy atom. The van der Waals surface area contributed by atoms with Gasteiger partial charge in [-0.15, -0.1) is 0 Å². The van der Waals surface area contributed by atoms with Crippen molar-refractivity contribution < 1.29 is 27.4 Å². The number of ether oxygens (including phenoxy) is 3. The fourth-order valence-corrected chi connectivity index (χ4v) is 2.54. The number of hydrogen-bond donors (Lipinski definition) is 0. The SMILES string of the molecule is CCOC1(OCC)CCOC(C)(CCC(F)(F)F)C1. The van der Waals surface area contributed by atoms with Crippen LogP contribution >= 0.6 is 0 Å². The van der Waals surface area contributed by atoms with Crippen molar-refractivity contribution in [2.24, 2.45) is 0 Å². The summed E-state index contributed by atoms with van der Waals surface area (Å²) in [5.74, 6) is -0.803. The highest BCUT2D eigenvalue weighted by Gasteiger charge is 2.46. The lowest BCUT2D eigenvalue weighted by Gasteiger charge is -2.45. The van der Waals surface area contributed by atoms with Gasteiger partial charge in [-0.05, 0) is 27.2 Å². The average Bonchev–Trinajstić information content (AvgIpc) is 2.26. The predicted octanol–water partition coefficient (Wildman–Crippen LogP) is 3.67. The third kappa shape index (κ3) is 5.28. The number of halogens is 3. The van der Waals surface area contributed by atoms with Crippen molar-refractivity contribution in [3.8, 4) is 0 Å². The van der Waals surface area contributed by atoms with E-state index in [4.69, 9.17) is 14.2 Å². The van der Waals surface area contributed by atoms with E-state index in [0.29, 0.717) is 32.7 Å². The van der Waals surface area contributed by atoms with E-state index in [1.54, 1.807) is 6.92 Å². The average molecular weight is 284 g/mol. The minimum Gasteiger partial charge on any atom is -0.375 e. The molecule has 1 atom stereocenters. The molecule has 0 spiro atoms. The van der Waals surface area contributed by atoms with E-state index in [1.807, 2.05) is 13.8 Å².